The highest BCUT2D eigenvalue weighted by Crippen LogP contribution is 2.39. The first-order chi connectivity index (χ1) is 14.5. The van der Waals surface area contributed by atoms with E-state index in [0.29, 0.717) is 5.69 Å². The Bertz CT molecular complexity index is 1090. The van der Waals surface area contributed by atoms with Crippen molar-refractivity contribution in [2.24, 2.45) is 0 Å². The van der Waals surface area contributed by atoms with Crippen molar-refractivity contribution in [1.82, 2.24) is 4.98 Å². The molecule has 0 aliphatic rings. The lowest BCUT2D eigenvalue weighted by atomic mass is 9.87. The lowest BCUT2D eigenvalue weighted by Gasteiger charge is -2.19. The maximum atomic E-state index is 13.4. The number of amides is 1. The van der Waals surface area contributed by atoms with Gasteiger partial charge in [0.1, 0.15) is 5.75 Å². The first-order valence-electron chi connectivity index (χ1n) is 9.63. The van der Waals surface area contributed by atoms with Gasteiger partial charge in [-0.15, -0.1) is 0 Å². The van der Waals surface area contributed by atoms with Crippen LogP contribution in [0.5, 0.6) is 5.75 Å². The van der Waals surface area contributed by atoms with Crippen LogP contribution in [0, 0.1) is 0 Å². The molecule has 0 fully saturated rings. The zero-order valence-electron chi connectivity index (χ0n) is 17.7. The summed E-state index contributed by atoms with van der Waals surface area (Å²) in [5.74, 6) is -0.273. The number of hydrogen-bond acceptors (Lipinski definition) is 3. The number of carbonyl (C=O) groups is 1. The second-order valence-corrected chi connectivity index (χ2v) is 8.09. The van der Waals surface area contributed by atoms with Crippen LogP contribution >= 0.6 is 0 Å². The first-order valence-corrected chi connectivity index (χ1v) is 9.63. The molecule has 0 aliphatic heterocycles. The highest BCUT2D eigenvalue weighted by molar-refractivity contribution is 6.05. The Balaban J connectivity index is 1.89. The molecule has 0 saturated carbocycles. The molecule has 1 aromatic heterocycles. The molecule has 4 nitrogen and oxygen atoms in total. The summed E-state index contributed by atoms with van der Waals surface area (Å²) in [6, 6.07) is 14.0. The number of rotatable bonds is 4. The third-order valence-corrected chi connectivity index (χ3v) is 4.84. The molecule has 3 aromatic rings. The summed E-state index contributed by atoms with van der Waals surface area (Å²) in [6.45, 7) is 6.29. The van der Waals surface area contributed by atoms with Crippen molar-refractivity contribution in [3.63, 3.8) is 0 Å². The minimum absolute atomic E-state index is 0.00746. The number of aromatic nitrogens is 1. The molecule has 1 N–H and O–H groups in total. The Hall–Kier alpha value is -3.35. The van der Waals surface area contributed by atoms with E-state index in [-0.39, 0.29) is 28.0 Å². The van der Waals surface area contributed by atoms with Crippen molar-refractivity contribution in [1.29, 1.82) is 0 Å². The van der Waals surface area contributed by atoms with Crippen LogP contribution < -0.4 is 10.1 Å². The molecule has 0 atom stereocenters. The SMILES string of the molecule is COc1cc(C(=O)Nc2ccc(C(C)(C)C)cc2)ccc1-c1ncccc1C(F)(F)F. The fourth-order valence-corrected chi connectivity index (χ4v) is 3.13. The van der Waals surface area contributed by atoms with Gasteiger partial charge in [0.05, 0.1) is 18.4 Å². The zero-order valence-corrected chi connectivity index (χ0v) is 17.7. The number of nitrogens with zero attached hydrogens (tertiary/aromatic N) is 1. The topological polar surface area (TPSA) is 51.2 Å². The van der Waals surface area contributed by atoms with Crippen molar-refractivity contribution in [3.05, 3.63) is 77.5 Å². The molecule has 0 unspecified atom stereocenters. The lowest BCUT2D eigenvalue weighted by molar-refractivity contribution is -0.137. The smallest absolute Gasteiger partial charge is 0.418 e. The molecule has 0 aliphatic carbocycles. The van der Waals surface area contributed by atoms with E-state index in [4.69, 9.17) is 4.74 Å². The summed E-state index contributed by atoms with van der Waals surface area (Å²) in [6.07, 6.45) is -3.28. The molecule has 0 radical (unpaired) electrons. The van der Waals surface area contributed by atoms with Gasteiger partial charge < -0.3 is 10.1 Å². The largest absolute Gasteiger partial charge is 0.496 e. The summed E-state index contributed by atoms with van der Waals surface area (Å²) in [4.78, 5) is 16.6. The molecule has 162 valence electrons. The maximum absolute atomic E-state index is 13.4. The zero-order chi connectivity index (χ0) is 22.8. The Morgan fingerprint density at radius 3 is 2.26 bits per heavy atom. The molecule has 0 bridgehead atoms. The molecule has 1 amide bonds. The van der Waals surface area contributed by atoms with Gasteiger partial charge in [0.2, 0.25) is 0 Å². The van der Waals surface area contributed by atoms with E-state index in [9.17, 15) is 18.0 Å². The number of alkyl halides is 3. The number of nitrogens with one attached hydrogen (secondary N) is 1. The number of pyridine rings is 1. The number of carbonyl (C=O) groups excluding carboxylic acids is 1. The van der Waals surface area contributed by atoms with Gasteiger partial charge in [-0.25, -0.2) is 0 Å². The number of hydrogen-bond donors (Lipinski definition) is 1. The third-order valence-electron chi connectivity index (χ3n) is 4.84. The van der Waals surface area contributed by atoms with Gasteiger partial charge in [-0.1, -0.05) is 32.9 Å². The summed E-state index contributed by atoms with van der Waals surface area (Å²) in [5.41, 5.74) is 1.02. The van der Waals surface area contributed by atoms with E-state index in [2.05, 4.69) is 31.1 Å². The second-order valence-electron chi connectivity index (χ2n) is 8.09. The number of anilines is 1. The average molecular weight is 428 g/mol. The number of benzene rings is 2. The molecule has 31 heavy (non-hydrogen) atoms. The van der Waals surface area contributed by atoms with Crippen molar-refractivity contribution in [2.45, 2.75) is 32.4 Å². The van der Waals surface area contributed by atoms with Crippen molar-refractivity contribution >= 4 is 11.6 Å². The van der Waals surface area contributed by atoms with Crippen LogP contribution in [-0.4, -0.2) is 18.0 Å². The molecular weight excluding hydrogens is 405 g/mol. The van der Waals surface area contributed by atoms with E-state index in [1.165, 1.54) is 37.6 Å². The quantitative estimate of drug-likeness (QED) is 0.529. The van der Waals surface area contributed by atoms with Gasteiger partial charge in [0, 0.05) is 23.0 Å². The lowest BCUT2D eigenvalue weighted by Crippen LogP contribution is -2.14. The third kappa shape index (κ3) is 5.05. The van der Waals surface area contributed by atoms with Crippen LogP contribution in [0.2, 0.25) is 0 Å². The molecule has 2 aromatic carbocycles. The van der Waals surface area contributed by atoms with E-state index in [1.807, 2.05) is 24.3 Å². The summed E-state index contributed by atoms with van der Waals surface area (Å²) >= 11 is 0. The monoisotopic (exact) mass is 428 g/mol. The standard InChI is InChI=1S/C24H23F3N2O2/c1-23(2,3)16-8-10-17(11-9-16)29-22(30)15-7-12-18(20(14-15)31-4)21-19(24(25,26)27)6-5-13-28-21/h5-14H,1-4H3,(H,29,30). The van der Waals surface area contributed by atoms with Crippen LogP contribution in [-0.2, 0) is 11.6 Å². The Morgan fingerprint density at radius 2 is 1.68 bits per heavy atom. The van der Waals surface area contributed by atoms with Gasteiger partial charge >= 0.3 is 6.18 Å². The first kappa shape index (κ1) is 22.3. The minimum atomic E-state index is -4.57. The van der Waals surface area contributed by atoms with Crippen molar-refractivity contribution in [2.75, 3.05) is 12.4 Å². The molecular formula is C24H23F3N2O2. The van der Waals surface area contributed by atoms with E-state index >= 15 is 0 Å². The predicted octanol–water partition coefficient (Wildman–Crippen LogP) is 6.33. The van der Waals surface area contributed by atoms with Gasteiger partial charge in [0.25, 0.3) is 5.91 Å². The van der Waals surface area contributed by atoms with E-state index in [1.54, 1.807) is 0 Å². The van der Waals surface area contributed by atoms with E-state index in [0.717, 1.165) is 11.6 Å². The summed E-state index contributed by atoms with van der Waals surface area (Å²) in [5, 5.41) is 2.79. The van der Waals surface area contributed by atoms with Crippen molar-refractivity contribution in [3.8, 4) is 17.0 Å². The fourth-order valence-electron chi connectivity index (χ4n) is 3.13. The molecule has 0 saturated heterocycles. The average Bonchev–Trinajstić information content (AvgIpc) is 2.72. The normalized spacial score (nSPS) is 11.8. The number of halogens is 3. The Kier molecular flexibility index (Phi) is 6.06. The summed E-state index contributed by atoms with van der Waals surface area (Å²) < 4.78 is 45.4. The molecule has 1 heterocycles. The maximum Gasteiger partial charge on any atom is 0.418 e. The van der Waals surface area contributed by atoms with Gasteiger partial charge in [-0.2, -0.15) is 13.2 Å². The highest BCUT2D eigenvalue weighted by Gasteiger charge is 2.35. The van der Waals surface area contributed by atoms with Crippen LogP contribution in [0.3, 0.4) is 0 Å². The Labute approximate surface area is 179 Å². The molecule has 7 heteroatoms. The van der Waals surface area contributed by atoms with Crippen LogP contribution in [0.25, 0.3) is 11.3 Å². The Morgan fingerprint density at radius 1 is 1.00 bits per heavy atom. The molecule has 0 spiro atoms. The van der Waals surface area contributed by atoms with Gasteiger partial charge in [0.15, 0.2) is 0 Å². The summed E-state index contributed by atoms with van der Waals surface area (Å²) in [7, 11) is 1.34. The van der Waals surface area contributed by atoms with Gasteiger partial charge in [-0.3, -0.25) is 9.78 Å². The minimum Gasteiger partial charge on any atom is -0.496 e. The number of methoxy groups -OCH3 is 1. The fraction of sp³-hybridized carbons (Fsp3) is 0.250. The van der Waals surface area contributed by atoms with Crippen molar-refractivity contribution < 1.29 is 22.7 Å². The van der Waals surface area contributed by atoms with E-state index < -0.39 is 17.6 Å². The van der Waals surface area contributed by atoms with Crippen LogP contribution in [0.4, 0.5) is 18.9 Å². The number of ether oxygens (including phenoxy) is 1. The van der Waals surface area contributed by atoms with Crippen LogP contribution in [0.1, 0.15) is 42.3 Å². The van der Waals surface area contributed by atoms with Crippen LogP contribution in [0.15, 0.2) is 60.8 Å². The predicted molar refractivity (Wildman–Crippen MR) is 114 cm³/mol. The highest BCUT2D eigenvalue weighted by atomic mass is 19.4. The second kappa shape index (κ2) is 8.41. The molecule has 3 rings (SSSR count). The van der Waals surface area contributed by atoms with Gasteiger partial charge in [-0.05, 0) is 53.4 Å².